The van der Waals surface area contributed by atoms with Gasteiger partial charge < -0.3 is 20.1 Å². The molecule has 1 atom stereocenters. The SMILES string of the molecule is COc1ccc(CC(C)C(=O)N2CCN(CCN)CC2)cc1OC. The van der Waals surface area contributed by atoms with Gasteiger partial charge in [-0.3, -0.25) is 9.69 Å². The van der Waals surface area contributed by atoms with E-state index in [1.165, 1.54) is 0 Å². The first kappa shape index (κ1) is 18.5. The van der Waals surface area contributed by atoms with Crippen LogP contribution in [0.1, 0.15) is 12.5 Å². The van der Waals surface area contributed by atoms with Crippen molar-refractivity contribution >= 4 is 5.91 Å². The van der Waals surface area contributed by atoms with Crippen LogP contribution in [0.25, 0.3) is 0 Å². The quantitative estimate of drug-likeness (QED) is 0.805. The largest absolute Gasteiger partial charge is 0.493 e. The van der Waals surface area contributed by atoms with Crippen molar-refractivity contribution in [3.05, 3.63) is 23.8 Å². The summed E-state index contributed by atoms with van der Waals surface area (Å²) in [6.07, 6.45) is 0.697. The molecule has 1 amide bonds. The van der Waals surface area contributed by atoms with Crippen molar-refractivity contribution in [2.45, 2.75) is 13.3 Å². The first-order valence-electron chi connectivity index (χ1n) is 8.51. The number of hydrogen-bond acceptors (Lipinski definition) is 5. The molecule has 0 aromatic heterocycles. The van der Waals surface area contributed by atoms with E-state index >= 15 is 0 Å². The Bertz CT molecular complexity index is 542. The molecule has 6 nitrogen and oxygen atoms in total. The van der Waals surface area contributed by atoms with Crippen molar-refractivity contribution in [3.63, 3.8) is 0 Å². The molecule has 0 saturated carbocycles. The van der Waals surface area contributed by atoms with Gasteiger partial charge in [-0.25, -0.2) is 0 Å². The maximum atomic E-state index is 12.7. The summed E-state index contributed by atoms with van der Waals surface area (Å²) in [7, 11) is 3.24. The number of methoxy groups -OCH3 is 2. The van der Waals surface area contributed by atoms with Crippen molar-refractivity contribution in [3.8, 4) is 11.5 Å². The Morgan fingerprint density at radius 2 is 1.83 bits per heavy atom. The van der Waals surface area contributed by atoms with Crippen molar-refractivity contribution in [1.82, 2.24) is 9.80 Å². The number of carbonyl (C=O) groups is 1. The van der Waals surface area contributed by atoms with Gasteiger partial charge in [-0.1, -0.05) is 13.0 Å². The van der Waals surface area contributed by atoms with E-state index in [4.69, 9.17) is 15.2 Å². The Morgan fingerprint density at radius 3 is 2.42 bits per heavy atom. The molecule has 1 aromatic rings. The van der Waals surface area contributed by atoms with Gasteiger partial charge in [0.25, 0.3) is 0 Å². The number of hydrogen-bond donors (Lipinski definition) is 1. The van der Waals surface area contributed by atoms with E-state index < -0.39 is 0 Å². The zero-order valence-electron chi connectivity index (χ0n) is 15.0. The Balaban J connectivity index is 1.92. The van der Waals surface area contributed by atoms with Gasteiger partial charge in [0, 0.05) is 45.2 Å². The van der Waals surface area contributed by atoms with Crippen molar-refractivity contribution < 1.29 is 14.3 Å². The zero-order valence-corrected chi connectivity index (χ0v) is 15.0. The molecule has 1 aliphatic heterocycles. The second-order valence-corrected chi connectivity index (χ2v) is 6.25. The minimum atomic E-state index is -0.0517. The first-order chi connectivity index (χ1) is 11.6. The average Bonchev–Trinajstić information content (AvgIpc) is 2.61. The summed E-state index contributed by atoms with van der Waals surface area (Å²) in [6, 6.07) is 5.82. The van der Waals surface area contributed by atoms with Crippen LogP contribution in [-0.2, 0) is 11.2 Å². The van der Waals surface area contributed by atoms with E-state index in [0.29, 0.717) is 24.5 Å². The van der Waals surface area contributed by atoms with Gasteiger partial charge >= 0.3 is 0 Å². The monoisotopic (exact) mass is 335 g/mol. The van der Waals surface area contributed by atoms with Crippen LogP contribution in [0.5, 0.6) is 11.5 Å². The predicted molar refractivity (Wildman–Crippen MR) is 94.5 cm³/mol. The summed E-state index contributed by atoms with van der Waals surface area (Å²) >= 11 is 0. The fourth-order valence-electron chi connectivity index (χ4n) is 3.13. The number of amides is 1. The Kier molecular flexibility index (Phi) is 6.87. The van der Waals surface area contributed by atoms with Crippen LogP contribution >= 0.6 is 0 Å². The van der Waals surface area contributed by atoms with Gasteiger partial charge in [-0.15, -0.1) is 0 Å². The van der Waals surface area contributed by atoms with Gasteiger partial charge in [0.15, 0.2) is 11.5 Å². The predicted octanol–water partition coefficient (Wildman–Crippen LogP) is 0.985. The Labute approximate surface area is 144 Å². The highest BCUT2D eigenvalue weighted by atomic mass is 16.5. The van der Waals surface area contributed by atoms with Crippen LogP contribution < -0.4 is 15.2 Å². The molecule has 1 saturated heterocycles. The molecule has 1 aromatic carbocycles. The fraction of sp³-hybridized carbons (Fsp3) is 0.611. The third kappa shape index (κ3) is 4.61. The summed E-state index contributed by atoms with van der Waals surface area (Å²) in [6.45, 7) is 6.96. The van der Waals surface area contributed by atoms with Crippen LogP contribution in [0.4, 0.5) is 0 Å². The molecule has 0 bridgehead atoms. The van der Waals surface area contributed by atoms with Gasteiger partial charge in [-0.05, 0) is 24.1 Å². The molecule has 2 rings (SSSR count). The molecule has 24 heavy (non-hydrogen) atoms. The normalized spacial score (nSPS) is 16.8. The molecular weight excluding hydrogens is 306 g/mol. The summed E-state index contributed by atoms with van der Waals surface area (Å²) in [4.78, 5) is 17.0. The zero-order chi connectivity index (χ0) is 17.5. The molecule has 0 spiro atoms. The maximum Gasteiger partial charge on any atom is 0.225 e. The van der Waals surface area contributed by atoms with Gasteiger partial charge in [0.05, 0.1) is 14.2 Å². The van der Waals surface area contributed by atoms with Crippen LogP contribution in [0.2, 0.25) is 0 Å². The second-order valence-electron chi connectivity index (χ2n) is 6.25. The highest BCUT2D eigenvalue weighted by Gasteiger charge is 2.24. The summed E-state index contributed by atoms with van der Waals surface area (Å²) < 4.78 is 10.6. The van der Waals surface area contributed by atoms with Gasteiger partial charge in [0.1, 0.15) is 0 Å². The molecule has 1 aliphatic rings. The maximum absolute atomic E-state index is 12.7. The average molecular weight is 335 g/mol. The van der Waals surface area contributed by atoms with Crippen molar-refractivity contribution in [2.75, 3.05) is 53.5 Å². The lowest BCUT2D eigenvalue weighted by Crippen LogP contribution is -2.51. The smallest absolute Gasteiger partial charge is 0.225 e. The van der Waals surface area contributed by atoms with E-state index in [1.54, 1.807) is 14.2 Å². The molecule has 2 N–H and O–H groups in total. The van der Waals surface area contributed by atoms with Crippen molar-refractivity contribution in [1.29, 1.82) is 0 Å². The standard InChI is InChI=1S/C18H29N3O3/c1-14(12-15-4-5-16(23-2)17(13-15)24-3)18(22)21-10-8-20(7-6-19)9-11-21/h4-5,13-14H,6-12,19H2,1-3H3. The van der Waals surface area contributed by atoms with Crippen LogP contribution in [0, 0.1) is 5.92 Å². The molecule has 1 unspecified atom stereocenters. The second kappa shape index (κ2) is 8.89. The van der Waals surface area contributed by atoms with E-state index in [1.807, 2.05) is 30.0 Å². The number of nitrogens with zero attached hydrogens (tertiary/aromatic N) is 2. The minimum absolute atomic E-state index is 0.0517. The molecule has 1 fully saturated rings. The number of nitrogens with two attached hydrogens (primary N) is 1. The highest BCUT2D eigenvalue weighted by Crippen LogP contribution is 2.28. The fourth-order valence-corrected chi connectivity index (χ4v) is 3.13. The Hall–Kier alpha value is -1.79. The molecule has 134 valence electrons. The molecule has 0 radical (unpaired) electrons. The molecule has 0 aliphatic carbocycles. The first-order valence-corrected chi connectivity index (χ1v) is 8.51. The number of benzene rings is 1. The lowest BCUT2D eigenvalue weighted by Gasteiger charge is -2.35. The van der Waals surface area contributed by atoms with E-state index in [0.717, 1.165) is 38.3 Å². The lowest BCUT2D eigenvalue weighted by atomic mass is 9.99. The van der Waals surface area contributed by atoms with Gasteiger partial charge in [-0.2, -0.15) is 0 Å². The number of ether oxygens (including phenoxy) is 2. The third-order valence-electron chi connectivity index (χ3n) is 4.54. The number of piperazine rings is 1. The molecule has 6 heteroatoms. The molecular formula is C18H29N3O3. The highest BCUT2D eigenvalue weighted by molar-refractivity contribution is 5.79. The number of carbonyl (C=O) groups excluding carboxylic acids is 1. The van der Waals surface area contributed by atoms with Crippen LogP contribution in [-0.4, -0.2) is 69.2 Å². The summed E-state index contributed by atoms with van der Waals surface area (Å²) in [5.41, 5.74) is 6.67. The lowest BCUT2D eigenvalue weighted by molar-refractivity contribution is -0.136. The van der Waals surface area contributed by atoms with Crippen molar-refractivity contribution in [2.24, 2.45) is 11.7 Å². The van der Waals surface area contributed by atoms with Gasteiger partial charge in [0.2, 0.25) is 5.91 Å². The number of rotatable bonds is 7. The third-order valence-corrected chi connectivity index (χ3v) is 4.54. The molecule has 1 heterocycles. The summed E-state index contributed by atoms with van der Waals surface area (Å²) in [5.74, 6) is 1.57. The van der Waals surface area contributed by atoms with Crippen LogP contribution in [0.3, 0.4) is 0 Å². The van der Waals surface area contributed by atoms with E-state index in [2.05, 4.69) is 4.90 Å². The minimum Gasteiger partial charge on any atom is -0.493 e. The van der Waals surface area contributed by atoms with E-state index in [-0.39, 0.29) is 11.8 Å². The topological polar surface area (TPSA) is 68.0 Å². The van der Waals surface area contributed by atoms with Crippen LogP contribution in [0.15, 0.2) is 18.2 Å². The Morgan fingerprint density at radius 1 is 1.17 bits per heavy atom. The summed E-state index contributed by atoms with van der Waals surface area (Å²) in [5, 5.41) is 0. The van der Waals surface area contributed by atoms with E-state index in [9.17, 15) is 4.79 Å².